The van der Waals surface area contributed by atoms with Crippen molar-refractivity contribution in [1.82, 2.24) is 14.9 Å². The lowest BCUT2D eigenvalue weighted by molar-refractivity contribution is -0.132. The molecule has 142 valence electrons. The number of thioether (sulfide) groups is 1. The average Bonchev–Trinajstić information content (AvgIpc) is 2.96. The Morgan fingerprint density at radius 1 is 1.42 bits per heavy atom. The van der Waals surface area contributed by atoms with Crippen LogP contribution >= 0.6 is 23.1 Å². The number of ether oxygens (including phenoxy) is 1. The van der Waals surface area contributed by atoms with Crippen LogP contribution in [-0.4, -0.2) is 52.8 Å². The number of aromatic amines is 1. The van der Waals surface area contributed by atoms with Crippen molar-refractivity contribution in [3.05, 3.63) is 20.8 Å². The van der Waals surface area contributed by atoms with Crippen molar-refractivity contribution in [3.63, 3.8) is 0 Å². The normalized spacial score (nSPS) is 16.2. The number of hydrogen-bond acceptors (Lipinski definition) is 6. The third-order valence-corrected chi connectivity index (χ3v) is 6.69. The molecule has 1 saturated heterocycles. The molecule has 6 nitrogen and oxygen atoms in total. The van der Waals surface area contributed by atoms with Gasteiger partial charge in [0.15, 0.2) is 5.16 Å². The summed E-state index contributed by atoms with van der Waals surface area (Å²) in [6.07, 6.45) is 1.98. The number of carbonyl (C=O) groups is 1. The molecule has 0 aromatic carbocycles. The number of fused-ring (bicyclic) bond motifs is 1. The first kappa shape index (κ1) is 19.4. The van der Waals surface area contributed by atoms with Crippen LogP contribution in [0.25, 0.3) is 10.2 Å². The van der Waals surface area contributed by atoms with Gasteiger partial charge in [-0.05, 0) is 24.8 Å². The van der Waals surface area contributed by atoms with Crippen molar-refractivity contribution in [3.8, 4) is 0 Å². The fourth-order valence-electron chi connectivity index (χ4n) is 3.00. The number of amides is 1. The zero-order valence-electron chi connectivity index (χ0n) is 15.5. The predicted octanol–water partition coefficient (Wildman–Crippen LogP) is 2.83. The Labute approximate surface area is 161 Å². The Bertz CT molecular complexity index is 840. The van der Waals surface area contributed by atoms with Gasteiger partial charge in [0.2, 0.25) is 5.91 Å². The summed E-state index contributed by atoms with van der Waals surface area (Å²) in [6.45, 7) is 8.86. The molecule has 1 aliphatic rings. The molecule has 2 aromatic rings. The van der Waals surface area contributed by atoms with Gasteiger partial charge in [-0.2, -0.15) is 0 Å². The lowest BCUT2D eigenvalue weighted by atomic mass is 9.98. The summed E-state index contributed by atoms with van der Waals surface area (Å²) in [5, 5.41) is 1.23. The van der Waals surface area contributed by atoms with Crippen LogP contribution in [0.2, 0.25) is 0 Å². The van der Waals surface area contributed by atoms with Crippen LogP contribution in [-0.2, 0) is 16.0 Å². The van der Waals surface area contributed by atoms with Crippen molar-refractivity contribution < 1.29 is 9.53 Å². The van der Waals surface area contributed by atoms with E-state index in [-0.39, 0.29) is 17.2 Å². The zero-order valence-corrected chi connectivity index (χ0v) is 17.1. The summed E-state index contributed by atoms with van der Waals surface area (Å²) in [6, 6.07) is 0. The minimum Gasteiger partial charge on any atom is -0.378 e. The molecule has 1 amide bonds. The highest BCUT2D eigenvalue weighted by atomic mass is 32.2. The first-order chi connectivity index (χ1) is 12.5. The van der Waals surface area contributed by atoms with E-state index in [0.717, 1.165) is 33.5 Å². The van der Waals surface area contributed by atoms with Gasteiger partial charge in [0, 0.05) is 18.0 Å². The van der Waals surface area contributed by atoms with E-state index in [0.29, 0.717) is 37.4 Å². The molecule has 0 bridgehead atoms. The quantitative estimate of drug-likeness (QED) is 0.601. The number of aryl methyl sites for hydroxylation is 1. The second kappa shape index (κ2) is 8.54. The largest absolute Gasteiger partial charge is 0.378 e. The summed E-state index contributed by atoms with van der Waals surface area (Å²) < 4.78 is 5.27. The standard InChI is InChI=1S/C18H25N3O3S2/c1-4-11(2)9-13-12(3)26-17-15(13)16(23)19-18(20-17)25-10-14(22)21-5-7-24-8-6-21/h11H,4-10H2,1-3H3,(H,19,20,23)/t11-/m1/s1. The maximum atomic E-state index is 12.6. The van der Waals surface area contributed by atoms with E-state index in [2.05, 4.69) is 30.7 Å². The fraction of sp³-hybridized carbons (Fsp3) is 0.611. The van der Waals surface area contributed by atoms with E-state index in [1.165, 1.54) is 11.8 Å². The summed E-state index contributed by atoms with van der Waals surface area (Å²) in [5.41, 5.74) is 1.02. The number of morpholine rings is 1. The number of aromatic nitrogens is 2. The SMILES string of the molecule is CC[C@@H](C)Cc1c(C)sc2nc(SCC(=O)N3CCOCC3)[nH]c(=O)c12. The van der Waals surface area contributed by atoms with Crippen molar-refractivity contribution >= 4 is 39.2 Å². The fourth-order valence-corrected chi connectivity index (χ4v) is 4.87. The maximum absolute atomic E-state index is 12.6. The number of thiophene rings is 1. The molecule has 26 heavy (non-hydrogen) atoms. The van der Waals surface area contributed by atoms with Gasteiger partial charge < -0.3 is 14.6 Å². The Balaban J connectivity index is 1.76. The summed E-state index contributed by atoms with van der Waals surface area (Å²) in [7, 11) is 0. The molecule has 0 radical (unpaired) electrons. The third kappa shape index (κ3) is 4.29. The zero-order chi connectivity index (χ0) is 18.7. The van der Waals surface area contributed by atoms with Gasteiger partial charge in [-0.15, -0.1) is 11.3 Å². The first-order valence-corrected chi connectivity index (χ1v) is 10.8. The van der Waals surface area contributed by atoms with Crippen molar-refractivity contribution in [1.29, 1.82) is 0 Å². The lowest BCUT2D eigenvalue weighted by Gasteiger charge is -2.26. The van der Waals surface area contributed by atoms with Crippen molar-refractivity contribution in [2.75, 3.05) is 32.1 Å². The molecule has 1 N–H and O–H groups in total. The second-order valence-corrected chi connectivity index (χ2v) is 8.85. The first-order valence-electron chi connectivity index (χ1n) is 9.00. The van der Waals surface area contributed by atoms with E-state index >= 15 is 0 Å². The molecule has 2 aromatic heterocycles. The lowest BCUT2D eigenvalue weighted by Crippen LogP contribution is -2.41. The van der Waals surface area contributed by atoms with Gasteiger partial charge in [0.25, 0.3) is 5.56 Å². The van der Waals surface area contributed by atoms with Crippen LogP contribution in [0, 0.1) is 12.8 Å². The molecule has 1 atom stereocenters. The Kier molecular flexibility index (Phi) is 6.37. The highest BCUT2D eigenvalue weighted by Crippen LogP contribution is 2.30. The van der Waals surface area contributed by atoms with Gasteiger partial charge in [0.1, 0.15) is 4.83 Å². The van der Waals surface area contributed by atoms with Crippen LogP contribution < -0.4 is 5.56 Å². The minimum absolute atomic E-state index is 0.0564. The predicted molar refractivity (Wildman–Crippen MR) is 106 cm³/mol. The van der Waals surface area contributed by atoms with Crippen molar-refractivity contribution in [2.24, 2.45) is 5.92 Å². The van der Waals surface area contributed by atoms with Crippen LogP contribution in [0.1, 0.15) is 30.7 Å². The molecule has 3 rings (SSSR count). The molecular formula is C18H25N3O3S2. The van der Waals surface area contributed by atoms with E-state index < -0.39 is 0 Å². The van der Waals surface area contributed by atoms with E-state index in [4.69, 9.17) is 4.74 Å². The third-order valence-electron chi connectivity index (χ3n) is 4.79. The molecule has 0 saturated carbocycles. The van der Waals surface area contributed by atoms with Crippen LogP contribution in [0.4, 0.5) is 0 Å². The number of nitrogens with zero attached hydrogens (tertiary/aromatic N) is 2. The highest BCUT2D eigenvalue weighted by Gasteiger charge is 2.19. The molecule has 1 aliphatic heterocycles. The van der Waals surface area contributed by atoms with Crippen LogP contribution in [0.5, 0.6) is 0 Å². The topological polar surface area (TPSA) is 75.3 Å². The molecule has 0 spiro atoms. The number of rotatable bonds is 6. The summed E-state index contributed by atoms with van der Waals surface area (Å²) in [4.78, 5) is 36.1. The molecule has 8 heteroatoms. The average molecular weight is 396 g/mol. The van der Waals surface area contributed by atoms with Gasteiger partial charge in [-0.1, -0.05) is 32.0 Å². The summed E-state index contributed by atoms with van der Waals surface area (Å²) >= 11 is 2.86. The van der Waals surface area contributed by atoms with Crippen LogP contribution in [0.15, 0.2) is 9.95 Å². The van der Waals surface area contributed by atoms with E-state index in [9.17, 15) is 9.59 Å². The Hall–Kier alpha value is -1.38. The maximum Gasteiger partial charge on any atom is 0.260 e. The molecule has 0 unspecified atom stereocenters. The molecular weight excluding hydrogens is 370 g/mol. The second-order valence-electron chi connectivity index (χ2n) is 6.69. The smallest absolute Gasteiger partial charge is 0.260 e. The number of carbonyl (C=O) groups excluding carboxylic acids is 1. The van der Waals surface area contributed by atoms with Gasteiger partial charge >= 0.3 is 0 Å². The number of nitrogens with one attached hydrogen (secondary N) is 1. The van der Waals surface area contributed by atoms with Gasteiger partial charge in [0.05, 0.1) is 24.4 Å². The highest BCUT2D eigenvalue weighted by molar-refractivity contribution is 7.99. The van der Waals surface area contributed by atoms with Crippen LogP contribution in [0.3, 0.4) is 0 Å². The summed E-state index contributed by atoms with van der Waals surface area (Å²) in [5.74, 6) is 0.866. The Morgan fingerprint density at radius 2 is 2.15 bits per heavy atom. The monoisotopic (exact) mass is 395 g/mol. The number of H-pyrrole nitrogens is 1. The van der Waals surface area contributed by atoms with E-state index in [1.54, 1.807) is 16.2 Å². The molecule has 3 heterocycles. The minimum atomic E-state index is -0.0982. The van der Waals surface area contributed by atoms with E-state index in [1.807, 2.05) is 0 Å². The van der Waals surface area contributed by atoms with Crippen molar-refractivity contribution in [2.45, 2.75) is 38.8 Å². The van der Waals surface area contributed by atoms with Gasteiger partial charge in [-0.25, -0.2) is 4.98 Å². The van der Waals surface area contributed by atoms with Gasteiger partial charge in [-0.3, -0.25) is 9.59 Å². The molecule has 1 fully saturated rings. The number of hydrogen-bond donors (Lipinski definition) is 1. The Morgan fingerprint density at radius 3 is 2.85 bits per heavy atom. The molecule has 0 aliphatic carbocycles.